The number of fused-ring (bicyclic) bond motifs is 1. The number of aromatic nitrogens is 4. The van der Waals surface area contributed by atoms with Gasteiger partial charge in [0.15, 0.2) is 11.6 Å². The van der Waals surface area contributed by atoms with Gasteiger partial charge in [-0.15, -0.1) is 0 Å². The maximum absolute atomic E-state index is 14.1. The summed E-state index contributed by atoms with van der Waals surface area (Å²) in [5.41, 5.74) is 2.26. The number of nitrogens with zero attached hydrogens (tertiary/aromatic N) is 6. The Bertz CT molecular complexity index is 1680. The minimum Gasteiger partial charge on any atom is -0.489 e. The molecule has 2 saturated heterocycles. The van der Waals surface area contributed by atoms with Crippen molar-refractivity contribution in [3.8, 4) is 17.6 Å². The third-order valence-corrected chi connectivity index (χ3v) is 8.32. The summed E-state index contributed by atoms with van der Waals surface area (Å²) in [6.07, 6.45) is 4.01. The van der Waals surface area contributed by atoms with Gasteiger partial charge in [0, 0.05) is 31.4 Å². The minimum atomic E-state index is -0.979. The maximum Gasteiger partial charge on any atom is 0.335 e. The molecule has 219 valence electrons. The minimum absolute atomic E-state index is 0.000737. The molecule has 0 bridgehead atoms. The number of benzene rings is 2. The second kappa shape index (κ2) is 12.5. The lowest BCUT2D eigenvalue weighted by Gasteiger charge is -2.35. The number of rotatable bonds is 10. The number of nitriles is 1. The van der Waals surface area contributed by atoms with Gasteiger partial charge in [0.2, 0.25) is 0 Å². The summed E-state index contributed by atoms with van der Waals surface area (Å²) in [6.45, 7) is 2.88. The summed E-state index contributed by atoms with van der Waals surface area (Å²) in [5, 5.41) is 26.5. The first-order valence-corrected chi connectivity index (χ1v) is 14.6. The van der Waals surface area contributed by atoms with E-state index in [1.54, 1.807) is 30.5 Å². The Labute approximate surface area is 250 Å². The van der Waals surface area contributed by atoms with Crippen molar-refractivity contribution in [1.82, 2.24) is 24.6 Å². The van der Waals surface area contributed by atoms with Crippen molar-refractivity contribution in [3.05, 3.63) is 77.1 Å². The lowest BCUT2D eigenvalue weighted by atomic mass is 10.1. The molecule has 43 heavy (non-hydrogen) atoms. The van der Waals surface area contributed by atoms with Crippen molar-refractivity contribution < 1.29 is 28.5 Å². The molecule has 11 nitrogen and oxygen atoms in total. The van der Waals surface area contributed by atoms with Crippen LogP contribution in [-0.2, 0) is 17.9 Å². The zero-order valence-electron chi connectivity index (χ0n) is 23.1. The van der Waals surface area contributed by atoms with Gasteiger partial charge in [-0.25, -0.2) is 14.2 Å². The number of piperidine rings is 1. The number of halogens is 1. The monoisotopic (exact) mass is 599 g/mol. The highest BCUT2D eigenvalue weighted by atomic mass is 28.1. The number of carboxylic acids is 1. The van der Waals surface area contributed by atoms with E-state index in [0.717, 1.165) is 55.3 Å². The van der Waals surface area contributed by atoms with Crippen molar-refractivity contribution in [2.24, 2.45) is 0 Å². The lowest BCUT2D eigenvalue weighted by molar-refractivity contribution is -0.0632. The summed E-state index contributed by atoms with van der Waals surface area (Å²) >= 11 is 0. The molecule has 2 atom stereocenters. The molecule has 0 spiro atoms. The third-order valence-electron chi connectivity index (χ3n) is 7.69. The fourth-order valence-corrected chi connectivity index (χ4v) is 5.86. The molecule has 1 N–H and O–H groups in total. The lowest BCUT2D eigenvalue weighted by Crippen LogP contribution is -2.40. The Balaban J connectivity index is 1.08. The molecule has 3 radical (unpaired) electrons. The van der Waals surface area contributed by atoms with Crippen LogP contribution in [0.25, 0.3) is 11.0 Å². The molecular weight excluding hydrogens is 571 g/mol. The molecule has 4 heterocycles. The van der Waals surface area contributed by atoms with Gasteiger partial charge >= 0.3 is 5.97 Å². The van der Waals surface area contributed by atoms with Crippen molar-refractivity contribution in [2.75, 3.05) is 19.7 Å². The predicted molar refractivity (Wildman–Crippen MR) is 152 cm³/mol. The number of hydrogen-bond donors (Lipinski definition) is 1. The van der Waals surface area contributed by atoms with Gasteiger partial charge in [-0.3, -0.25) is 4.90 Å². The van der Waals surface area contributed by atoms with Crippen molar-refractivity contribution in [1.29, 1.82) is 5.26 Å². The first kappa shape index (κ1) is 28.7. The average molecular weight is 600 g/mol. The van der Waals surface area contributed by atoms with Crippen molar-refractivity contribution in [3.63, 3.8) is 0 Å². The van der Waals surface area contributed by atoms with Crippen LogP contribution in [0.15, 0.2) is 48.7 Å². The molecule has 2 aromatic carbocycles. The van der Waals surface area contributed by atoms with Gasteiger partial charge in [0.1, 0.15) is 30.0 Å². The summed E-state index contributed by atoms with van der Waals surface area (Å²) in [5.74, 6) is -0.163. The van der Waals surface area contributed by atoms with Crippen molar-refractivity contribution in [2.45, 2.75) is 50.3 Å². The van der Waals surface area contributed by atoms with Crippen LogP contribution in [0.4, 0.5) is 4.39 Å². The fourth-order valence-electron chi connectivity index (χ4n) is 5.31. The molecule has 4 aromatic rings. The quantitative estimate of drug-likeness (QED) is 0.269. The molecule has 0 unspecified atom stereocenters. The van der Waals surface area contributed by atoms with E-state index in [9.17, 15) is 14.3 Å². The highest BCUT2D eigenvalue weighted by Gasteiger charge is 2.30. The average Bonchev–Trinajstić information content (AvgIpc) is 3.33. The standard InChI is InChI=1S/C30H28FN6O5Si/c31-23-11-18(14-32)1-4-26(23)41-17-20-13-22(15-33-35-20)42-21-5-8-36(9-6-21)16-28-34-24-3-2-19(30(38)39)12-25(24)37(28)29(43)27-7-10-40-27/h1-4,11-13,15,21,27,29H,5-10,16-17H2,(H,38,39)/t27-,29+/m0/s1. The third kappa shape index (κ3) is 6.36. The Morgan fingerprint density at radius 3 is 2.72 bits per heavy atom. The molecule has 0 aliphatic carbocycles. The maximum atomic E-state index is 14.1. The van der Waals surface area contributed by atoms with Gasteiger partial charge in [-0.05, 0) is 55.7 Å². The number of likely N-dealkylation sites (tertiary alicyclic amines) is 1. The van der Waals surface area contributed by atoms with Crippen LogP contribution in [-0.4, -0.2) is 77.9 Å². The molecule has 2 aliphatic rings. The molecule has 0 amide bonds. The van der Waals surface area contributed by atoms with Crippen LogP contribution >= 0.6 is 0 Å². The number of carboxylic acid groups (broad SMARTS) is 1. The highest BCUT2D eigenvalue weighted by molar-refractivity contribution is 6.11. The van der Waals surface area contributed by atoms with E-state index in [2.05, 4.69) is 29.9 Å². The summed E-state index contributed by atoms with van der Waals surface area (Å²) in [7, 11) is 3.85. The van der Waals surface area contributed by atoms with Gasteiger partial charge in [0.05, 0.1) is 57.3 Å². The van der Waals surface area contributed by atoms with Crippen LogP contribution < -0.4 is 9.47 Å². The Kier molecular flexibility index (Phi) is 8.32. The molecule has 0 saturated carbocycles. The number of carbonyl (C=O) groups is 1. The molecule has 6 rings (SSSR count). The van der Waals surface area contributed by atoms with Gasteiger partial charge in [-0.2, -0.15) is 15.5 Å². The molecule has 2 aromatic heterocycles. The number of imidazole rings is 1. The van der Waals surface area contributed by atoms with E-state index in [-0.39, 0.29) is 41.4 Å². The van der Waals surface area contributed by atoms with Crippen LogP contribution in [0.3, 0.4) is 0 Å². The van der Waals surface area contributed by atoms with E-state index < -0.39 is 11.8 Å². The zero-order chi connectivity index (χ0) is 29.9. The molecular formula is C30H28FN6O5Si. The highest BCUT2D eigenvalue weighted by Crippen LogP contribution is 2.30. The summed E-state index contributed by atoms with van der Waals surface area (Å²) in [4.78, 5) is 18.8. The Morgan fingerprint density at radius 2 is 2.02 bits per heavy atom. The second-order valence-corrected chi connectivity index (χ2v) is 11.2. The fraction of sp³-hybridized carbons (Fsp3) is 0.367. The zero-order valence-corrected chi connectivity index (χ0v) is 24.1. The predicted octanol–water partition coefficient (Wildman–Crippen LogP) is 3.61. The smallest absolute Gasteiger partial charge is 0.335 e. The van der Waals surface area contributed by atoms with Crippen LogP contribution in [0.5, 0.6) is 11.5 Å². The van der Waals surface area contributed by atoms with Gasteiger partial charge in [0.25, 0.3) is 0 Å². The largest absolute Gasteiger partial charge is 0.489 e. The first-order chi connectivity index (χ1) is 20.9. The molecule has 13 heteroatoms. The van der Waals surface area contributed by atoms with Crippen LogP contribution in [0.1, 0.15) is 52.4 Å². The molecule has 2 fully saturated rings. The van der Waals surface area contributed by atoms with E-state index in [4.69, 9.17) is 24.5 Å². The van der Waals surface area contributed by atoms with Gasteiger partial charge in [-0.1, -0.05) is 0 Å². The number of hydrogen-bond acceptors (Lipinski definition) is 9. The van der Waals surface area contributed by atoms with Crippen LogP contribution in [0, 0.1) is 17.1 Å². The van der Waals surface area contributed by atoms with Crippen LogP contribution in [0.2, 0.25) is 0 Å². The Hall–Kier alpha value is -4.38. The van der Waals surface area contributed by atoms with E-state index in [1.807, 2.05) is 6.07 Å². The second-order valence-electron chi connectivity index (χ2n) is 10.6. The first-order valence-electron chi connectivity index (χ1n) is 14.0. The van der Waals surface area contributed by atoms with E-state index >= 15 is 0 Å². The summed E-state index contributed by atoms with van der Waals surface area (Å²) in [6, 6.07) is 12.6. The van der Waals surface area contributed by atoms with Crippen molar-refractivity contribution >= 4 is 27.2 Å². The van der Waals surface area contributed by atoms with E-state index in [0.29, 0.717) is 24.6 Å². The summed E-state index contributed by atoms with van der Waals surface area (Å²) < 4.78 is 33.7. The number of ether oxygens (including phenoxy) is 3. The van der Waals surface area contributed by atoms with E-state index in [1.165, 1.54) is 12.1 Å². The topological polar surface area (TPSA) is 136 Å². The van der Waals surface area contributed by atoms with Gasteiger partial charge < -0.3 is 23.9 Å². The Morgan fingerprint density at radius 1 is 1.21 bits per heavy atom. The SMILES string of the molecule is N#Cc1ccc(OCc2cc(OC3CCN(Cc4nc5ccc(C(=O)O)cc5n4[C@H]([Si])[C@@H]4CCO4)CC3)cnn2)c(F)c1. The molecule has 2 aliphatic heterocycles. The number of aromatic carboxylic acids is 1. The normalized spacial score (nSPS) is 18.1.